The Hall–Kier alpha value is -0.721. The van der Waals surface area contributed by atoms with Crippen LogP contribution in [0.1, 0.15) is 18.9 Å². The fraction of sp³-hybridized carbons (Fsp3) is 0.600. The summed E-state index contributed by atoms with van der Waals surface area (Å²) in [6.07, 6.45) is 3.82. The van der Waals surface area contributed by atoms with Crippen molar-refractivity contribution in [2.24, 2.45) is 0 Å². The van der Waals surface area contributed by atoms with E-state index in [9.17, 15) is 5.11 Å². The molecule has 10 saturated heterocycles. The van der Waals surface area contributed by atoms with Crippen LogP contribution in [0, 0.1) is 0 Å². The molecule has 114 valence electrons. The number of benzene rings is 1. The van der Waals surface area contributed by atoms with Crippen molar-refractivity contribution in [1.29, 1.82) is 0 Å². The van der Waals surface area contributed by atoms with Crippen molar-refractivity contribution >= 4 is 5.57 Å². The van der Waals surface area contributed by atoms with Crippen molar-refractivity contribution in [1.82, 2.24) is 0 Å². The zero-order valence-corrected chi connectivity index (χ0v) is 13.7. The maximum absolute atomic E-state index is 9.70. The molecule has 4 atom stereocenters. The predicted octanol–water partition coefficient (Wildman–Crippen LogP) is 5.94. The van der Waals surface area contributed by atoms with Gasteiger partial charge in [-0.1, -0.05) is 0 Å². The van der Waals surface area contributed by atoms with Crippen LogP contribution in [0.3, 0.4) is 0 Å². The number of allylic oxidation sites excluding steroid dienone is 2. The molecule has 1 aromatic rings. The van der Waals surface area contributed by atoms with Crippen LogP contribution in [0.2, 0.25) is 47.7 Å². The molecule has 1 spiro atoms. The van der Waals surface area contributed by atoms with Gasteiger partial charge in [0.25, 0.3) is 0 Å². The molecular formula is C20H20FeO. The van der Waals surface area contributed by atoms with Gasteiger partial charge in [-0.3, -0.25) is 0 Å². The van der Waals surface area contributed by atoms with Crippen LogP contribution in [-0.4, -0.2) is 5.11 Å². The monoisotopic (exact) mass is 332 g/mol. The first kappa shape index (κ1) is 8.94. The molecule has 22 heavy (non-hydrogen) atoms. The van der Waals surface area contributed by atoms with Crippen molar-refractivity contribution < 1.29 is 11.6 Å². The van der Waals surface area contributed by atoms with Crippen LogP contribution in [0.25, 0.3) is 5.57 Å². The third-order valence-electron chi connectivity index (χ3n) is 16.7. The number of phenols is 1. The van der Waals surface area contributed by atoms with Crippen LogP contribution in [0.15, 0.2) is 30.3 Å². The van der Waals surface area contributed by atoms with Crippen LogP contribution in [0.5, 0.6) is 5.75 Å². The average Bonchev–Trinajstić information content (AvgIpc) is 3.46. The van der Waals surface area contributed by atoms with Gasteiger partial charge in [0.15, 0.2) is 0 Å². The Kier molecular flexibility index (Phi) is 0.360. The molecule has 0 amide bonds. The Balaban J connectivity index is 1.35. The van der Waals surface area contributed by atoms with Gasteiger partial charge in [0, 0.05) is 0 Å². The molecule has 10 aliphatic heterocycles. The van der Waals surface area contributed by atoms with E-state index in [2.05, 4.69) is 25.1 Å². The van der Waals surface area contributed by atoms with E-state index < -0.39 is 6.51 Å². The van der Waals surface area contributed by atoms with Crippen molar-refractivity contribution in [3.63, 3.8) is 0 Å². The van der Waals surface area contributed by atoms with E-state index in [1.165, 1.54) is 55.3 Å². The minimum atomic E-state index is -3.05. The van der Waals surface area contributed by atoms with Gasteiger partial charge in [-0.25, -0.2) is 0 Å². The Morgan fingerprint density at radius 2 is 1.55 bits per heavy atom. The molecule has 2 heteroatoms. The minimum absolute atomic E-state index is 0.421. The van der Waals surface area contributed by atoms with Crippen LogP contribution in [-0.2, 0) is 6.51 Å². The van der Waals surface area contributed by atoms with Crippen molar-refractivity contribution in [2.75, 3.05) is 0 Å². The Morgan fingerprint density at radius 3 is 1.91 bits per heavy atom. The van der Waals surface area contributed by atoms with Crippen molar-refractivity contribution in [3.05, 3.63) is 35.9 Å². The summed E-state index contributed by atoms with van der Waals surface area (Å²) in [5, 5.41) is 9.70. The van der Waals surface area contributed by atoms with Crippen LogP contribution in [0.4, 0.5) is 0 Å². The first-order valence-electron chi connectivity index (χ1n) is 9.21. The Bertz CT molecular complexity index is 1210. The van der Waals surface area contributed by atoms with Crippen LogP contribution >= 0.6 is 0 Å². The zero-order chi connectivity index (χ0) is 14.0. The SMILES string of the molecule is CCC=C(c1ccc(O)cc1)[C]12[CH]3[CH]4[CH]5[CH]1[Fe]45321678[CH]2[CH]1[CH]6[CH]7[CH]28. The standard InChI is InChI=1S/C15H15O.C5H5.Fe/c1-2-5-15(12-6-3-4-7-12)13-8-10-14(16)11-9-13;1-2-4-5-3-1;/h3-11,16H,2H2,1H3;1-5H;. The van der Waals surface area contributed by atoms with E-state index in [0.29, 0.717) is 5.75 Å². The molecule has 0 aromatic heterocycles. The van der Waals surface area contributed by atoms with E-state index in [4.69, 9.17) is 0 Å². The normalized spacial score (nSPS) is 95.5. The molecule has 10 fully saturated rings. The van der Waals surface area contributed by atoms with Crippen LogP contribution < -0.4 is 0 Å². The summed E-state index contributed by atoms with van der Waals surface area (Å²) in [5.74, 6) is 0.421. The van der Waals surface area contributed by atoms with Gasteiger partial charge in [0.2, 0.25) is 0 Å². The topological polar surface area (TPSA) is 20.2 Å². The zero-order valence-electron chi connectivity index (χ0n) is 12.6. The van der Waals surface area contributed by atoms with Gasteiger partial charge in [-0.2, -0.15) is 0 Å². The summed E-state index contributed by atoms with van der Waals surface area (Å²) in [7, 11) is 0. The number of hydrogen-bond acceptors (Lipinski definition) is 1. The number of aromatic hydroxyl groups is 1. The Morgan fingerprint density at radius 1 is 1.00 bits per heavy atom. The fourth-order valence-corrected chi connectivity index (χ4v) is 92.5. The average molecular weight is 332 g/mol. The summed E-state index contributed by atoms with van der Waals surface area (Å²) < 4.78 is 0.839. The molecule has 4 unspecified atom stereocenters. The van der Waals surface area contributed by atoms with E-state index in [0.717, 1.165) is 4.31 Å². The molecule has 10 aliphatic rings. The first-order valence-corrected chi connectivity index (χ1v) is 15.5. The van der Waals surface area contributed by atoms with Gasteiger partial charge < -0.3 is 0 Å². The summed E-state index contributed by atoms with van der Waals surface area (Å²) in [6, 6.07) is 8.29. The molecule has 11 rings (SSSR count). The van der Waals surface area contributed by atoms with Gasteiger partial charge in [0.05, 0.1) is 0 Å². The van der Waals surface area contributed by atoms with Gasteiger partial charge >= 0.3 is 120 Å². The molecule has 1 nitrogen and oxygen atoms in total. The summed E-state index contributed by atoms with van der Waals surface area (Å²) >= 11 is 0. The van der Waals surface area contributed by atoms with Gasteiger partial charge in [0.1, 0.15) is 0 Å². The first-order chi connectivity index (χ1) is 10.5. The van der Waals surface area contributed by atoms with E-state index >= 15 is 0 Å². The molecule has 0 radical (unpaired) electrons. The molecule has 1 aromatic carbocycles. The van der Waals surface area contributed by atoms with Gasteiger partial charge in [-0.05, 0) is 0 Å². The van der Waals surface area contributed by atoms with Crippen molar-refractivity contribution in [2.45, 2.75) is 61.0 Å². The van der Waals surface area contributed by atoms with E-state index in [1.807, 2.05) is 17.7 Å². The molecule has 10 heterocycles. The summed E-state index contributed by atoms with van der Waals surface area (Å²) in [5.41, 5.74) is 3.30. The second kappa shape index (κ2) is 0.885. The quantitative estimate of drug-likeness (QED) is 0.679. The predicted molar refractivity (Wildman–Crippen MR) is 82.8 cm³/mol. The molecular weight excluding hydrogens is 312 g/mol. The number of hydrogen-bond donors (Lipinski definition) is 1. The summed E-state index contributed by atoms with van der Waals surface area (Å²) in [6.45, 7) is -0.724. The molecule has 0 aliphatic carbocycles. The third kappa shape index (κ3) is 0.116. The fourth-order valence-electron chi connectivity index (χ4n) is 18.3. The summed E-state index contributed by atoms with van der Waals surface area (Å²) in [4.78, 5) is 12.4. The number of fused-ring (bicyclic) bond motifs is 10. The number of phenolic OH excluding ortho intramolecular Hbond substituents is 1. The molecule has 1 N–H and O–H groups in total. The van der Waals surface area contributed by atoms with Crippen molar-refractivity contribution in [3.8, 4) is 5.75 Å². The Labute approximate surface area is 120 Å². The molecule has 0 saturated carbocycles. The van der Waals surface area contributed by atoms with Gasteiger partial charge in [-0.15, -0.1) is 0 Å². The second-order valence-electron chi connectivity index (χ2n) is 12.3. The maximum atomic E-state index is 9.70. The van der Waals surface area contributed by atoms with E-state index in [1.54, 1.807) is 0 Å². The third-order valence-corrected chi connectivity index (χ3v) is 59.0. The second-order valence-corrected chi connectivity index (χ2v) is 35.8. The number of rotatable bonds is 3. The van der Waals surface area contributed by atoms with E-state index in [-0.39, 0.29) is 0 Å². The molecule has 0 bridgehead atoms.